The van der Waals surface area contributed by atoms with E-state index in [1.807, 2.05) is 19.0 Å². The third-order valence-corrected chi connectivity index (χ3v) is 6.62. The zero-order chi connectivity index (χ0) is 29.1. The number of pyridine rings is 1. The van der Waals surface area contributed by atoms with Gasteiger partial charge >= 0.3 is 0 Å². The molecule has 1 aliphatic heterocycles. The molecule has 0 saturated carbocycles. The van der Waals surface area contributed by atoms with E-state index < -0.39 is 23.2 Å². The predicted molar refractivity (Wildman–Crippen MR) is 149 cm³/mol. The molecule has 1 amide bonds. The van der Waals surface area contributed by atoms with Gasteiger partial charge in [0.05, 0.1) is 17.9 Å². The summed E-state index contributed by atoms with van der Waals surface area (Å²) in [5, 5.41) is 7.67. The summed E-state index contributed by atoms with van der Waals surface area (Å²) in [5.41, 5.74) is 0.423. The van der Waals surface area contributed by atoms with E-state index in [2.05, 4.69) is 20.4 Å². The molecule has 214 valence electrons. The lowest BCUT2D eigenvalue weighted by atomic mass is 10.0. The molecule has 0 bridgehead atoms. The zero-order valence-electron chi connectivity index (χ0n) is 22.9. The molecule has 4 aromatic rings. The number of carbonyl (C=O) groups excluding carboxylic acids is 1. The lowest BCUT2D eigenvalue weighted by Crippen LogP contribution is -2.42. The number of hydrogen-bond donors (Lipinski definition) is 1. The first-order chi connectivity index (χ1) is 19.7. The molecule has 4 heterocycles. The summed E-state index contributed by atoms with van der Waals surface area (Å²) in [7, 11) is 5.60. The summed E-state index contributed by atoms with van der Waals surface area (Å²) in [6, 6.07) is 3.85. The van der Waals surface area contributed by atoms with Gasteiger partial charge in [0, 0.05) is 56.6 Å². The molecular weight excluding hydrogens is 534 g/mol. The maximum absolute atomic E-state index is 14.4. The van der Waals surface area contributed by atoms with Crippen molar-refractivity contribution in [2.75, 3.05) is 39.0 Å². The normalized spacial score (nSPS) is 15.7. The predicted octanol–water partition coefficient (Wildman–Crippen LogP) is 3.62. The molecule has 0 unspecified atom stereocenters. The van der Waals surface area contributed by atoms with Crippen molar-refractivity contribution in [2.45, 2.75) is 18.9 Å². The largest absolute Gasteiger partial charge is 0.448 e. The van der Waals surface area contributed by atoms with Crippen LogP contribution in [0.4, 0.5) is 20.4 Å². The third kappa shape index (κ3) is 6.40. The van der Waals surface area contributed by atoms with Crippen molar-refractivity contribution in [1.82, 2.24) is 34.1 Å². The molecule has 13 heteroatoms. The lowest BCUT2D eigenvalue weighted by molar-refractivity contribution is -0.127. The van der Waals surface area contributed by atoms with Crippen LogP contribution in [0.25, 0.3) is 11.0 Å². The number of hydrogen-bond acceptors (Lipinski definition) is 8. The number of fused-ring (bicyclic) bond motifs is 1. The van der Waals surface area contributed by atoms with Gasteiger partial charge in [-0.15, -0.1) is 0 Å². The van der Waals surface area contributed by atoms with Gasteiger partial charge in [0.2, 0.25) is 11.9 Å². The van der Waals surface area contributed by atoms with Gasteiger partial charge < -0.3 is 19.9 Å². The van der Waals surface area contributed by atoms with E-state index in [9.17, 15) is 18.4 Å². The fourth-order valence-electron chi connectivity index (χ4n) is 4.69. The second-order valence-corrected chi connectivity index (χ2v) is 10.1. The third-order valence-electron chi connectivity index (χ3n) is 6.62. The molecule has 1 atom stereocenters. The van der Waals surface area contributed by atoms with Crippen molar-refractivity contribution in [3.05, 3.63) is 77.0 Å². The van der Waals surface area contributed by atoms with Crippen molar-refractivity contribution in [2.24, 2.45) is 7.05 Å². The van der Waals surface area contributed by atoms with Crippen molar-refractivity contribution >= 4 is 28.6 Å². The van der Waals surface area contributed by atoms with Gasteiger partial charge in [-0.1, -0.05) is 6.08 Å². The van der Waals surface area contributed by atoms with Gasteiger partial charge in [-0.05, 0) is 45.1 Å². The number of likely N-dealkylation sites (tertiary alicyclic amines) is 1. The van der Waals surface area contributed by atoms with Crippen LogP contribution in [0.3, 0.4) is 0 Å². The van der Waals surface area contributed by atoms with Crippen LogP contribution >= 0.6 is 0 Å². The van der Waals surface area contributed by atoms with Gasteiger partial charge in [-0.25, -0.2) is 13.8 Å². The lowest BCUT2D eigenvalue weighted by Gasteiger charge is -2.33. The summed E-state index contributed by atoms with van der Waals surface area (Å²) in [4.78, 5) is 39.5. The highest BCUT2D eigenvalue weighted by molar-refractivity contribution is 5.87. The minimum absolute atomic E-state index is 0.150. The van der Waals surface area contributed by atoms with Crippen LogP contribution in [-0.2, 0) is 11.8 Å². The standard InChI is InChI=1S/C28H30F2N8O3/c1-35(2)10-5-7-25(39)37-11-4-6-21(17-37)38-26-18(14-31-28(34-26)33-20-15-32-36(3)16-20)12-24(27(38)40)41-23-9-8-19(29)13-22(23)30/h5,7-9,12-16,21H,4,6,10-11,17H2,1-3H3,(H,31,33,34)/b7-5+/t21-/m1/s1. The highest BCUT2D eigenvalue weighted by Crippen LogP contribution is 2.29. The zero-order valence-corrected chi connectivity index (χ0v) is 22.9. The molecule has 1 fully saturated rings. The van der Waals surface area contributed by atoms with E-state index in [1.165, 1.54) is 22.9 Å². The van der Waals surface area contributed by atoms with Crippen LogP contribution in [0.1, 0.15) is 18.9 Å². The van der Waals surface area contributed by atoms with Gasteiger partial charge in [0.25, 0.3) is 5.56 Å². The maximum Gasteiger partial charge on any atom is 0.295 e. The first-order valence-corrected chi connectivity index (χ1v) is 13.1. The number of ether oxygens (including phenoxy) is 1. The number of nitrogens with one attached hydrogen (secondary N) is 1. The number of anilines is 2. The van der Waals surface area contributed by atoms with Crippen LogP contribution in [0.5, 0.6) is 11.5 Å². The molecule has 0 aliphatic carbocycles. The highest BCUT2D eigenvalue weighted by Gasteiger charge is 2.28. The van der Waals surface area contributed by atoms with Crippen LogP contribution in [-0.4, -0.2) is 73.8 Å². The van der Waals surface area contributed by atoms with E-state index >= 15 is 0 Å². The second-order valence-electron chi connectivity index (χ2n) is 10.1. The molecule has 1 aliphatic rings. The Balaban J connectivity index is 1.55. The molecule has 1 saturated heterocycles. The number of nitrogens with zero attached hydrogens (tertiary/aromatic N) is 7. The Bertz CT molecular complexity index is 1670. The molecular formula is C28H30F2N8O3. The second kappa shape index (κ2) is 11.8. The number of amides is 1. The number of aromatic nitrogens is 5. The first kappa shape index (κ1) is 27.9. The molecule has 11 nitrogen and oxygen atoms in total. The SMILES string of the molecule is CN(C)C/C=C/C(=O)N1CCC[C@@H](n2c(=O)c(Oc3ccc(F)cc3F)cc3cnc(Nc4cnn(C)c4)nc32)C1. The molecule has 0 radical (unpaired) electrons. The summed E-state index contributed by atoms with van der Waals surface area (Å²) >= 11 is 0. The number of aryl methyl sites for hydroxylation is 1. The average molecular weight is 565 g/mol. The number of likely N-dealkylation sites (N-methyl/N-ethyl adjacent to an activating group) is 1. The Morgan fingerprint density at radius 3 is 2.78 bits per heavy atom. The molecule has 3 aromatic heterocycles. The molecule has 41 heavy (non-hydrogen) atoms. The van der Waals surface area contributed by atoms with E-state index in [4.69, 9.17) is 4.74 Å². The molecule has 0 spiro atoms. The van der Waals surface area contributed by atoms with Crippen LogP contribution in [0.15, 0.2) is 59.8 Å². The molecule has 1 N–H and O–H groups in total. The van der Waals surface area contributed by atoms with Gasteiger partial charge in [0.15, 0.2) is 17.3 Å². The maximum atomic E-state index is 14.4. The first-order valence-electron chi connectivity index (χ1n) is 13.1. The van der Waals surface area contributed by atoms with Gasteiger partial charge in [-0.2, -0.15) is 10.1 Å². The minimum Gasteiger partial charge on any atom is -0.448 e. The van der Waals surface area contributed by atoms with Gasteiger partial charge in [0.1, 0.15) is 11.5 Å². The number of carbonyl (C=O) groups is 1. The Morgan fingerprint density at radius 2 is 2.05 bits per heavy atom. The smallest absolute Gasteiger partial charge is 0.295 e. The summed E-state index contributed by atoms with van der Waals surface area (Å²) in [6.45, 7) is 1.44. The molecule has 1 aromatic carbocycles. The van der Waals surface area contributed by atoms with Crippen LogP contribution in [0, 0.1) is 11.6 Å². The Morgan fingerprint density at radius 1 is 1.22 bits per heavy atom. The molecule has 5 rings (SSSR count). The van der Waals surface area contributed by atoms with E-state index in [0.717, 1.165) is 12.1 Å². The van der Waals surface area contributed by atoms with Crippen LogP contribution < -0.4 is 15.6 Å². The Labute approximate surface area is 234 Å². The highest BCUT2D eigenvalue weighted by atomic mass is 19.1. The number of benzene rings is 1. The summed E-state index contributed by atoms with van der Waals surface area (Å²) < 4.78 is 36.6. The number of rotatable bonds is 8. The van der Waals surface area contributed by atoms with Crippen molar-refractivity contribution < 1.29 is 18.3 Å². The Hall–Kier alpha value is -4.65. The summed E-state index contributed by atoms with van der Waals surface area (Å²) in [6.07, 6.45) is 9.49. The van der Waals surface area contributed by atoms with Crippen LogP contribution in [0.2, 0.25) is 0 Å². The topological polar surface area (TPSA) is 110 Å². The summed E-state index contributed by atoms with van der Waals surface area (Å²) in [5.74, 6) is -2.08. The average Bonchev–Trinajstić information content (AvgIpc) is 3.34. The van der Waals surface area contributed by atoms with Crippen molar-refractivity contribution in [3.8, 4) is 11.5 Å². The number of piperidine rings is 1. The van der Waals surface area contributed by atoms with E-state index in [0.29, 0.717) is 48.7 Å². The number of halogens is 2. The fourth-order valence-corrected chi connectivity index (χ4v) is 4.69. The minimum atomic E-state index is -0.942. The van der Waals surface area contributed by atoms with E-state index in [1.54, 1.807) is 35.1 Å². The van der Waals surface area contributed by atoms with Crippen molar-refractivity contribution in [3.63, 3.8) is 0 Å². The fraction of sp³-hybridized carbons (Fsp3) is 0.321. The van der Waals surface area contributed by atoms with E-state index in [-0.39, 0.29) is 29.9 Å². The monoisotopic (exact) mass is 564 g/mol. The quantitative estimate of drug-likeness (QED) is 0.323. The van der Waals surface area contributed by atoms with Crippen molar-refractivity contribution in [1.29, 1.82) is 0 Å². The van der Waals surface area contributed by atoms with Gasteiger partial charge in [-0.3, -0.25) is 18.8 Å². The Kier molecular flexibility index (Phi) is 8.06.